The topological polar surface area (TPSA) is 12.0 Å². The number of hydrogen-bond acceptors (Lipinski definition) is 1. The van der Waals surface area contributed by atoms with E-state index in [1.54, 1.807) is 6.07 Å². The maximum Gasteiger partial charge on any atom is 0.126 e. The van der Waals surface area contributed by atoms with E-state index >= 15 is 0 Å². The first kappa shape index (κ1) is 16.2. The average Bonchev–Trinajstić information content (AvgIpc) is 2.48. The number of hydrogen-bond donors (Lipinski definition) is 1. The molecule has 1 N–H and O–H groups in total. The molecule has 0 saturated heterocycles. The molecule has 0 aliphatic carbocycles. The molecule has 1 atom stereocenters. The van der Waals surface area contributed by atoms with Crippen molar-refractivity contribution in [2.75, 3.05) is 7.05 Å². The fraction of sp³-hybridized carbons (Fsp3) is 0.333. The molecule has 0 fully saturated rings. The van der Waals surface area contributed by atoms with Gasteiger partial charge in [0.05, 0.1) is 0 Å². The number of aryl methyl sites for hydroxylation is 2. The van der Waals surface area contributed by atoms with E-state index in [2.05, 4.69) is 52.4 Å². The molecule has 0 amide bonds. The van der Waals surface area contributed by atoms with E-state index in [0.29, 0.717) is 6.42 Å². The highest BCUT2D eigenvalue weighted by Gasteiger charge is 2.12. The van der Waals surface area contributed by atoms with Crippen LogP contribution < -0.4 is 5.32 Å². The summed E-state index contributed by atoms with van der Waals surface area (Å²) in [6.45, 7) is 2.14. The van der Waals surface area contributed by atoms with E-state index in [0.717, 1.165) is 22.9 Å². The lowest BCUT2D eigenvalue weighted by Crippen LogP contribution is -2.28. The van der Waals surface area contributed by atoms with Crippen molar-refractivity contribution in [1.82, 2.24) is 5.32 Å². The van der Waals surface area contributed by atoms with Crippen LogP contribution in [0, 0.1) is 12.7 Å². The Bertz CT molecular complexity index is 598. The molecule has 2 rings (SSSR count). The van der Waals surface area contributed by atoms with Crippen LogP contribution in [0.2, 0.25) is 0 Å². The zero-order valence-corrected chi connectivity index (χ0v) is 14.1. The van der Waals surface area contributed by atoms with Crippen LogP contribution >= 0.6 is 15.9 Å². The van der Waals surface area contributed by atoms with Crippen LogP contribution in [0.1, 0.15) is 23.1 Å². The highest BCUT2D eigenvalue weighted by Crippen LogP contribution is 2.19. The second kappa shape index (κ2) is 7.71. The van der Waals surface area contributed by atoms with E-state index in [4.69, 9.17) is 0 Å². The summed E-state index contributed by atoms with van der Waals surface area (Å²) in [5, 5.41) is 3.30. The molecule has 0 heterocycles. The lowest BCUT2D eigenvalue weighted by Gasteiger charge is -2.17. The van der Waals surface area contributed by atoms with E-state index in [1.807, 2.05) is 13.1 Å². The van der Waals surface area contributed by atoms with Crippen LogP contribution in [0.15, 0.2) is 46.9 Å². The molecule has 0 aliphatic heterocycles. The number of likely N-dealkylation sites (N-methyl/N-ethyl adjacent to an activating group) is 1. The van der Waals surface area contributed by atoms with Crippen LogP contribution in [0.3, 0.4) is 0 Å². The monoisotopic (exact) mass is 349 g/mol. The number of benzene rings is 2. The maximum atomic E-state index is 13.8. The maximum absolute atomic E-state index is 13.8. The summed E-state index contributed by atoms with van der Waals surface area (Å²) in [6, 6.07) is 13.8. The van der Waals surface area contributed by atoms with Crippen molar-refractivity contribution in [3.05, 3.63) is 69.4 Å². The molecule has 0 radical (unpaired) electrons. The third-order valence-electron chi connectivity index (χ3n) is 3.91. The van der Waals surface area contributed by atoms with E-state index in [1.165, 1.54) is 17.2 Å². The predicted molar refractivity (Wildman–Crippen MR) is 90.2 cm³/mol. The zero-order valence-electron chi connectivity index (χ0n) is 12.5. The second-order valence-corrected chi connectivity index (χ2v) is 6.31. The Labute approximate surface area is 134 Å². The Balaban J connectivity index is 2.00. The smallest absolute Gasteiger partial charge is 0.126 e. The minimum absolute atomic E-state index is 0.130. The lowest BCUT2D eigenvalue weighted by molar-refractivity contribution is 0.504. The van der Waals surface area contributed by atoms with Gasteiger partial charge >= 0.3 is 0 Å². The summed E-state index contributed by atoms with van der Waals surface area (Å²) >= 11 is 3.41. The largest absolute Gasteiger partial charge is 0.317 e. The summed E-state index contributed by atoms with van der Waals surface area (Å²) in [6.07, 6.45) is 2.70. The van der Waals surface area contributed by atoms with Gasteiger partial charge in [0.15, 0.2) is 0 Å². The van der Waals surface area contributed by atoms with Crippen molar-refractivity contribution >= 4 is 15.9 Å². The van der Waals surface area contributed by atoms with Gasteiger partial charge in [-0.2, -0.15) is 0 Å². The van der Waals surface area contributed by atoms with E-state index in [-0.39, 0.29) is 11.9 Å². The minimum Gasteiger partial charge on any atom is -0.317 e. The van der Waals surface area contributed by atoms with Gasteiger partial charge in [0.25, 0.3) is 0 Å². The van der Waals surface area contributed by atoms with Crippen molar-refractivity contribution < 1.29 is 4.39 Å². The Morgan fingerprint density at radius 1 is 1.14 bits per heavy atom. The zero-order chi connectivity index (χ0) is 15.2. The van der Waals surface area contributed by atoms with Crippen LogP contribution in [0.25, 0.3) is 0 Å². The number of halogens is 2. The van der Waals surface area contributed by atoms with Crippen molar-refractivity contribution in [2.24, 2.45) is 0 Å². The molecule has 1 nitrogen and oxygen atoms in total. The van der Waals surface area contributed by atoms with E-state index < -0.39 is 0 Å². The highest BCUT2D eigenvalue weighted by atomic mass is 79.9. The van der Waals surface area contributed by atoms with Gasteiger partial charge in [-0.1, -0.05) is 40.2 Å². The fourth-order valence-corrected chi connectivity index (χ4v) is 2.94. The Hall–Kier alpha value is -1.19. The van der Waals surface area contributed by atoms with Gasteiger partial charge < -0.3 is 5.32 Å². The summed E-state index contributed by atoms with van der Waals surface area (Å²) < 4.78 is 14.8. The molecular weight excluding hydrogens is 329 g/mol. The summed E-state index contributed by atoms with van der Waals surface area (Å²) in [5.41, 5.74) is 3.45. The van der Waals surface area contributed by atoms with Crippen LogP contribution in [-0.4, -0.2) is 13.1 Å². The SMILES string of the molecule is CNC(CCc1ccccc1C)Cc1cc(Br)ccc1F. The summed E-state index contributed by atoms with van der Waals surface area (Å²) in [7, 11) is 1.94. The quantitative estimate of drug-likeness (QED) is 0.799. The fourth-order valence-electron chi connectivity index (χ4n) is 2.53. The Morgan fingerprint density at radius 2 is 1.90 bits per heavy atom. The molecule has 2 aromatic rings. The molecular formula is C18H21BrFN. The van der Waals surface area contributed by atoms with E-state index in [9.17, 15) is 4.39 Å². The van der Waals surface area contributed by atoms with Crippen molar-refractivity contribution in [3.8, 4) is 0 Å². The van der Waals surface area contributed by atoms with Gasteiger partial charge in [0.2, 0.25) is 0 Å². The summed E-state index contributed by atoms with van der Waals surface area (Å²) in [5.74, 6) is -0.130. The van der Waals surface area contributed by atoms with Crippen LogP contribution in [-0.2, 0) is 12.8 Å². The van der Waals surface area contributed by atoms with Gasteiger partial charge in [-0.05, 0) is 68.1 Å². The Morgan fingerprint density at radius 3 is 2.62 bits per heavy atom. The van der Waals surface area contributed by atoms with Crippen molar-refractivity contribution in [3.63, 3.8) is 0 Å². The van der Waals surface area contributed by atoms with Crippen LogP contribution in [0.4, 0.5) is 4.39 Å². The number of nitrogens with one attached hydrogen (secondary N) is 1. The first-order chi connectivity index (χ1) is 10.1. The van der Waals surface area contributed by atoms with Crippen LogP contribution in [0.5, 0.6) is 0 Å². The summed E-state index contributed by atoms with van der Waals surface area (Å²) in [4.78, 5) is 0. The van der Waals surface area contributed by atoms with Gasteiger partial charge in [0.1, 0.15) is 5.82 Å². The first-order valence-electron chi connectivity index (χ1n) is 7.26. The molecule has 0 spiro atoms. The predicted octanol–water partition coefficient (Wildman–Crippen LogP) is 4.66. The first-order valence-corrected chi connectivity index (χ1v) is 8.05. The normalized spacial score (nSPS) is 12.4. The lowest BCUT2D eigenvalue weighted by atomic mass is 9.97. The molecule has 1 unspecified atom stereocenters. The van der Waals surface area contributed by atoms with Crippen molar-refractivity contribution in [1.29, 1.82) is 0 Å². The second-order valence-electron chi connectivity index (χ2n) is 5.39. The standard InChI is InChI=1S/C18H21BrFN/c1-13-5-3-4-6-14(13)7-9-17(21-2)12-15-11-16(19)8-10-18(15)20/h3-6,8,10-11,17,21H,7,9,12H2,1-2H3. The van der Waals surface area contributed by atoms with Crippen molar-refractivity contribution in [2.45, 2.75) is 32.2 Å². The Kier molecular flexibility index (Phi) is 5.95. The van der Waals surface area contributed by atoms with Gasteiger partial charge in [-0.25, -0.2) is 4.39 Å². The molecule has 3 heteroatoms. The van der Waals surface area contributed by atoms with Gasteiger partial charge in [-0.15, -0.1) is 0 Å². The highest BCUT2D eigenvalue weighted by molar-refractivity contribution is 9.10. The average molecular weight is 350 g/mol. The molecule has 0 saturated carbocycles. The molecule has 21 heavy (non-hydrogen) atoms. The van der Waals surface area contributed by atoms with Gasteiger partial charge in [-0.3, -0.25) is 0 Å². The third kappa shape index (κ3) is 4.65. The molecule has 112 valence electrons. The van der Waals surface area contributed by atoms with Gasteiger partial charge in [0, 0.05) is 10.5 Å². The number of rotatable bonds is 6. The molecule has 0 aliphatic rings. The molecule has 0 aromatic heterocycles. The molecule has 0 bridgehead atoms. The third-order valence-corrected chi connectivity index (χ3v) is 4.40. The molecule has 2 aromatic carbocycles. The minimum atomic E-state index is -0.130.